The highest BCUT2D eigenvalue weighted by molar-refractivity contribution is 5.77. The number of nitrogens with zero attached hydrogens (tertiary/aromatic N) is 3. The van der Waals surface area contributed by atoms with Gasteiger partial charge < -0.3 is 125 Å². The zero-order valence-electron chi connectivity index (χ0n) is 39.0. The molecule has 22 atom stereocenters. The van der Waals surface area contributed by atoms with Gasteiger partial charge in [-0.3, -0.25) is 9.59 Å². The number of aliphatic carboxylic acids is 2. The SMILES string of the molecule is CC(=O)N[C@H]1[C@H]([C@@H](O)[C@@H](CO)O[C@]2(C(=O)O)C[C@H](O)[C@@H](NC(C)=O)[C@H]([C@H](O)[C@H](O)CO)O2)O[C@@](O[C@H]2[C@@H](O)[C@@H](CO)O[C@@H](O[C@H]3[C@H](O)[C@@H](O)[C@H](OCCCCCCN=[N+]=[N-])O[C@@H]3CO)[C@@H]2O)(C(=O)O)C[C@@H]1O. The van der Waals surface area contributed by atoms with E-state index in [1.165, 1.54) is 0 Å². The largest absolute Gasteiger partial charge is 0.477 e. The molecule has 0 bridgehead atoms. The molecule has 4 aliphatic heterocycles. The summed E-state index contributed by atoms with van der Waals surface area (Å²) in [5, 5.41) is 170. The average Bonchev–Trinajstić information content (AvgIpc) is 3.33. The Balaban J connectivity index is 1.63. The first-order valence-electron chi connectivity index (χ1n) is 22.8. The van der Waals surface area contributed by atoms with Gasteiger partial charge in [-0.15, -0.1) is 0 Å². The van der Waals surface area contributed by atoms with E-state index < -0.39 is 197 Å². The second kappa shape index (κ2) is 27.2. The summed E-state index contributed by atoms with van der Waals surface area (Å²) in [5.74, 6) is -12.6. The maximum atomic E-state index is 13.3. The van der Waals surface area contributed by atoms with Crippen molar-refractivity contribution in [2.45, 2.75) is 186 Å². The summed E-state index contributed by atoms with van der Waals surface area (Å²) in [7, 11) is 0. The Labute approximate surface area is 409 Å². The van der Waals surface area contributed by atoms with Crippen LogP contribution in [0.25, 0.3) is 10.4 Å². The lowest BCUT2D eigenvalue weighted by molar-refractivity contribution is -0.388. The maximum absolute atomic E-state index is 13.3. The standard InChI is InChI=1S/C40H67N5O27/c1-15(50)43-23-17(52)9-39(37(61)62,70-32(23)25(55)19(54)11-46)69-21(13-48)27(57)33-24(44-16(2)51)18(53)10-40(71-33,38(63)64)72-34-26(56)20(12-47)66-36(30(34)60)68-31-22(14-49)67-35(29(59)28(31)58)65-8-6-4-3-5-7-42-45-41/h17-36,46-49,52-60H,3-14H2,1-2H3,(H,43,50)(H,44,51)(H,61,62)(H,63,64)/t17-,18-,19+,20+,21+,22+,23+,24+,25+,26-,27-,28+,29+,30+,31+,32+,33+,34-,35+,36-,39+,40-/m0/s1. The summed E-state index contributed by atoms with van der Waals surface area (Å²) in [5.41, 5.74) is 8.39. The van der Waals surface area contributed by atoms with Gasteiger partial charge in [0, 0.05) is 44.8 Å². The minimum absolute atomic E-state index is 0.0187. The fraction of sp³-hybridized carbons (Fsp3) is 0.900. The van der Waals surface area contributed by atoms with Gasteiger partial charge in [-0.05, 0) is 18.4 Å². The van der Waals surface area contributed by atoms with Crippen LogP contribution in [0.15, 0.2) is 5.11 Å². The molecule has 4 fully saturated rings. The van der Waals surface area contributed by atoms with E-state index in [0.717, 1.165) is 13.8 Å². The quantitative estimate of drug-likeness (QED) is 0.0166. The number of nitrogens with one attached hydrogen (secondary N) is 2. The average molecular weight is 1050 g/mol. The monoisotopic (exact) mass is 1050 g/mol. The van der Waals surface area contributed by atoms with Gasteiger partial charge in [-0.1, -0.05) is 18.0 Å². The van der Waals surface area contributed by atoms with E-state index in [2.05, 4.69) is 20.7 Å². The third-order valence-electron chi connectivity index (χ3n) is 12.5. The van der Waals surface area contributed by atoms with E-state index in [4.69, 9.17) is 43.4 Å². The molecule has 17 N–H and O–H groups in total. The summed E-state index contributed by atoms with van der Waals surface area (Å²) in [6.07, 6.45) is -37.5. The van der Waals surface area contributed by atoms with Crippen molar-refractivity contribution in [1.29, 1.82) is 0 Å². The number of aliphatic hydroxyl groups is 13. The molecule has 72 heavy (non-hydrogen) atoms. The lowest BCUT2D eigenvalue weighted by Crippen LogP contribution is -2.72. The van der Waals surface area contributed by atoms with Crippen LogP contribution in [0, 0.1) is 0 Å². The highest BCUT2D eigenvalue weighted by Gasteiger charge is 2.62. The predicted molar refractivity (Wildman–Crippen MR) is 228 cm³/mol. The molecular formula is C40H67N5O27. The van der Waals surface area contributed by atoms with Crippen LogP contribution in [-0.2, 0) is 57.1 Å². The molecule has 0 unspecified atom stereocenters. The summed E-state index contributed by atoms with van der Waals surface area (Å²) < 4.78 is 45.2. The second-order valence-electron chi connectivity index (χ2n) is 17.7. The number of carbonyl (C=O) groups excluding carboxylic acids is 2. The van der Waals surface area contributed by atoms with E-state index in [1.54, 1.807) is 0 Å². The molecule has 32 nitrogen and oxygen atoms in total. The van der Waals surface area contributed by atoms with Gasteiger partial charge in [0.05, 0.1) is 50.7 Å². The maximum Gasteiger partial charge on any atom is 0.364 e. The number of ether oxygens (including phenoxy) is 8. The molecule has 4 saturated heterocycles. The van der Waals surface area contributed by atoms with Gasteiger partial charge in [0.25, 0.3) is 11.6 Å². The molecule has 0 aromatic rings. The van der Waals surface area contributed by atoms with Gasteiger partial charge in [-0.25, -0.2) is 9.59 Å². The van der Waals surface area contributed by atoms with Gasteiger partial charge in [0.2, 0.25) is 11.8 Å². The Hall–Kier alpha value is -3.65. The number of amides is 2. The number of unbranched alkanes of at least 4 members (excludes halogenated alkanes) is 3. The highest BCUT2D eigenvalue weighted by Crippen LogP contribution is 2.40. The van der Waals surface area contributed by atoms with Crippen molar-refractivity contribution in [3.05, 3.63) is 10.4 Å². The molecule has 2 amide bonds. The molecule has 0 radical (unpaired) electrons. The molecule has 0 aliphatic carbocycles. The van der Waals surface area contributed by atoms with Crippen LogP contribution in [-0.4, -0.2) is 274 Å². The van der Waals surface area contributed by atoms with Gasteiger partial charge in [-0.2, -0.15) is 0 Å². The first-order valence-corrected chi connectivity index (χ1v) is 22.8. The summed E-state index contributed by atoms with van der Waals surface area (Å²) in [6, 6.07) is -3.58. The van der Waals surface area contributed by atoms with Crippen LogP contribution in [0.3, 0.4) is 0 Å². The van der Waals surface area contributed by atoms with Crippen LogP contribution in [0.2, 0.25) is 0 Å². The Morgan fingerprint density at radius 1 is 0.694 bits per heavy atom. The molecule has 32 heteroatoms. The molecule has 414 valence electrons. The van der Waals surface area contributed by atoms with Crippen LogP contribution < -0.4 is 10.6 Å². The number of carboxylic acids is 2. The number of azide groups is 1. The number of aliphatic hydroxyl groups excluding tert-OH is 13. The minimum Gasteiger partial charge on any atom is -0.477 e. The number of rotatable bonds is 26. The molecule has 4 rings (SSSR count). The predicted octanol–water partition coefficient (Wildman–Crippen LogP) is -8.15. The number of hydrogen-bond donors (Lipinski definition) is 17. The van der Waals surface area contributed by atoms with Crippen LogP contribution >= 0.6 is 0 Å². The fourth-order valence-corrected chi connectivity index (χ4v) is 8.76. The molecule has 0 saturated carbocycles. The Kier molecular flexibility index (Phi) is 23.0. The van der Waals surface area contributed by atoms with Crippen molar-refractivity contribution in [3.63, 3.8) is 0 Å². The van der Waals surface area contributed by atoms with Crippen LogP contribution in [0.5, 0.6) is 0 Å². The highest BCUT2D eigenvalue weighted by atomic mass is 16.8. The topological polar surface area (TPSA) is 518 Å². The summed E-state index contributed by atoms with van der Waals surface area (Å²) in [6.45, 7) is -2.37. The molecule has 0 aromatic carbocycles. The first-order chi connectivity index (χ1) is 34.0. The number of hydrogen-bond acceptors (Lipinski definition) is 26. The lowest BCUT2D eigenvalue weighted by atomic mass is 9.87. The van der Waals surface area contributed by atoms with Gasteiger partial charge in [0.15, 0.2) is 12.6 Å². The van der Waals surface area contributed by atoms with Crippen molar-refractivity contribution >= 4 is 23.8 Å². The molecule has 0 spiro atoms. The molecule has 0 aromatic heterocycles. The van der Waals surface area contributed by atoms with E-state index in [9.17, 15) is 95.8 Å². The molecular weight excluding hydrogens is 982 g/mol. The smallest absolute Gasteiger partial charge is 0.364 e. The van der Waals surface area contributed by atoms with Crippen molar-refractivity contribution in [3.8, 4) is 0 Å². The third kappa shape index (κ3) is 14.4. The number of carboxylic acid groups (broad SMARTS) is 2. The number of carbonyl (C=O) groups is 4. The van der Waals surface area contributed by atoms with E-state index in [1.807, 2.05) is 0 Å². The van der Waals surface area contributed by atoms with Crippen molar-refractivity contribution in [2.75, 3.05) is 39.6 Å². The third-order valence-corrected chi connectivity index (χ3v) is 12.5. The normalized spacial score (nSPS) is 38.9. The van der Waals surface area contributed by atoms with Gasteiger partial charge in [0.1, 0.15) is 85.5 Å². The van der Waals surface area contributed by atoms with E-state index in [-0.39, 0.29) is 6.61 Å². The lowest BCUT2D eigenvalue weighted by Gasteiger charge is -2.51. The molecule has 4 heterocycles. The zero-order chi connectivity index (χ0) is 53.8. The zero-order valence-corrected chi connectivity index (χ0v) is 39.0. The summed E-state index contributed by atoms with van der Waals surface area (Å²) >= 11 is 0. The van der Waals surface area contributed by atoms with Gasteiger partial charge >= 0.3 is 11.9 Å². The Bertz CT molecular complexity index is 1820. The first kappa shape index (κ1) is 60.9. The van der Waals surface area contributed by atoms with E-state index >= 15 is 0 Å². The summed E-state index contributed by atoms with van der Waals surface area (Å²) in [4.78, 5) is 53.3. The Morgan fingerprint density at radius 2 is 1.24 bits per heavy atom. The van der Waals surface area contributed by atoms with E-state index in [0.29, 0.717) is 32.2 Å². The fourth-order valence-electron chi connectivity index (χ4n) is 8.76. The van der Waals surface area contributed by atoms with Crippen molar-refractivity contribution < 1.29 is 134 Å². The second-order valence-corrected chi connectivity index (χ2v) is 17.7. The minimum atomic E-state index is -3.34. The van der Waals surface area contributed by atoms with Crippen LogP contribution in [0.4, 0.5) is 0 Å². The molecule has 4 aliphatic rings. The van der Waals surface area contributed by atoms with Crippen LogP contribution in [0.1, 0.15) is 52.4 Å². The Morgan fingerprint density at radius 3 is 1.76 bits per heavy atom. The van der Waals surface area contributed by atoms with Crippen molar-refractivity contribution in [2.24, 2.45) is 5.11 Å². The van der Waals surface area contributed by atoms with Crippen molar-refractivity contribution in [1.82, 2.24) is 10.6 Å².